The van der Waals surface area contributed by atoms with E-state index in [0.717, 1.165) is 52.0 Å². The van der Waals surface area contributed by atoms with Crippen molar-refractivity contribution in [3.63, 3.8) is 0 Å². The van der Waals surface area contributed by atoms with Crippen LogP contribution in [0.4, 0.5) is 5.69 Å². The van der Waals surface area contributed by atoms with Crippen molar-refractivity contribution in [3.8, 4) is 17.1 Å². The van der Waals surface area contributed by atoms with E-state index in [2.05, 4.69) is 43.0 Å². The van der Waals surface area contributed by atoms with E-state index in [1.54, 1.807) is 0 Å². The van der Waals surface area contributed by atoms with Gasteiger partial charge in [-0.3, -0.25) is 4.79 Å². The van der Waals surface area contributed by atoms with Gasteiger partial charge in [-0.2, -0.15) is 5.10 Å². The zero-order valence-corrected chi connectivity index (χ0v) is 20.5. The molecule has 4 aromatic rings. The van der Waals surface area contributed by atoms with Gasteiger partial charge in [0.05, 0.1) is 11.4 Å². The summed E-state index contributed by atoms with van der Waals surface area (Å²) in [6.07, 6.45) is 1.99. The Morgan fingerprint density at radius 2 is 1.74 bits per heavy atom. The van der Waals surface area contributed by atoms with Gasteiger partial charge in [0.25, 0.3) is 5.91 Å². The maximum atomic E-state index is 13.8. The smallest absolute Gasteiger partial charge is 0.272 e. The molecule has 0 saturated carbocycles. The molecule has 1 aliphatic heterocycles. The van der Waals surface area contributed by atoms with Crippen LogP contribution >= 0.6 is 11.6 Å². The van der Waals surface area contributed by atoms with Crippen LogP contribution in [0, 0.1) is 13.8 Å². The van der Waals surface area contributed by atoms with Gasteiger partial charge in [0.1, 0.15) is 11.4 Å². The summed E-state index contributed by atoms with van der Waals surface area (Å²) in [6, 6.07) is 20.0. The first kappa shape index (κ1) is 22.3. The second kappa shape index (κ2) is 9.03. The number of carbonyl (C=O) groups is 1. The molecule has 34 heavy (non-hydrogen) atoms. The van der Waals surface area contributed by atoms with E-state index >= 15 is 0 Å². The molecule has 1 saturated heterocycles. The highest BCUT2D eigenvalue weighted by Crippen LogP contribution is 2.26. The lowest BCUT2D eigenvalue weighted by Gasteiger charge is -2.36. The Kier molecular flexibility index (Phi) is 5.92. The van der Waals surface area contributed by atoms with Crippen molar-refractivity contribution in [3.05, 3.63) is 88.7 Å². The zero-order chi connectivity index (χ0) is 23.8. The van der Waals surface area contributed by atoms with Gasteiger partial charge in [-0.15, -0.1) is 0 Å². The number of aromatic nitrogens is 3. The molecule has 174 valence electrons. The predicted molar refractivity (Wildman–Crippen MR) is 137 cm³/mol. The molecule has 7 heteroatoms. The highest BCUT2D eigenvalue weighted by Gasteiger charge is 2.27. The number of piperazine rings is 1. The van der Waals surface area contributed by atoms with E-state index in [-0.39, 0.29) is 5.91 Å². The number of amides is 1. The summed E-state index contributed by atoms with van der Waals surface area (Å²) in [4.78, 5) is 18.0. The lowest BCUT2D eigenvalue weighted by Crippen LogP contribution is -2.49. The van der Waals surface area contributed by atoms with Gasteiger partial charge in [0, 0.05) is 50.1 Å². The molecular weight excluding hydrogens is 446 g/mol. The summed E-state index contributed by atoms with van der Waals surface area (Å²) >= 11 is 6.18. The largest absolute Gasteiger partial charge is 0.368 e. The molecule has 0 spiro atoms. The fourth-order valence-corrected chi connectivity index (χ4v) is 4.70. The first-order chi connectivity index (χ1) is 16.4. The van der Waals surface area contributed by atoms with Crippen LogP contribution in [-0.4, -0.2) is 51.3 Å². The quantitative estimate of drug-likeness (QED) is 0.413. The maximum absolute atomic E-state index is 13.8. The standard InChI is InChI=1S/C27H28ClN5O/c1-19-9-10-20(2)25(16-19)33-26(18-23(29-33)24-8-5-11-30(24)3)27(34)32-14-12-31(13-15-32)22-7-4-6-21(28)17-22/h4-11,16-18H,12-15H2,1-3H3. The van der Waals surface area contributed by atoms with Gasteiger partial charge in [0.15, 0.2) is 0 Å². The number of hydrogen-bond donors (Lipinski definition) is 0. The summed E-state index contributed by atoms with van der Waals surface area (Å²) in [7, 11) is 1.99. The van der Waals surface area contributed by atoms with E-state index < -0.39 is 0 Å². The van der Waals surface area contributed by atoms with Crippen molar-refractivity contribution < 1.29 is 4.79 Å². The average Bonchev–Trinajstić information content (AvgIpc) is 3.46. The lowest BCUT2D eigenvalue weighted by atomic mass is 10.1. The van der Waals surface area contributed by atoms with Crippen molar-refractivity contribution in [2.24, 2.45) is 7.05 Å². The third-order valence-electron chi connectivity index (χ3n) is 6.47. The number of rotatable bonds is 4. The number of hydrogen-bond acceptors (Lipinski definition) is 3. The molecule has 5 rings (SSSR count). The third-order valence-corrected chi connectivity index (χ3v) is 6.70. The van der Waals surface area contributed by atoms with Crippen molar-refractivity contribution in [2.45, 2.75) is 13.8 Å². The number of anilines is 1. The van der Waals surface area contributed by atoms with Crippen LogP contribution < -0.4 is 4.90 Å². The Morgan fingerprint density at radius 3 is 2.44 bits per heavy atom. The third kappa shape index (κ3) is 4.21. The molecule has 6 nitrogen and oxygen atoms in total. The molecule has 2 aromatic heterocycles. The molecule has 0 aliphatic carbocycles. The molecule has 3 heterocycles. The van der Waals surface area contributed by atoms with Gasteiger partial charge < -0.3 is 14.4 Å². The molecule has 1 fully saturated rings. The minimum Gasteiger partial charge on any atom is -0.368 e. The Labute approximate surface area is 205 Å². The summed E-state index contributed by atoms with van der Waals surface area (Å²) in [5.41, 5.74) is 6.57. The number of carbonyl (C=O) groups excluding carboxylic acids is 1. The van der Waals surface area contributed by atoms with E-state index in [1.165, 1.54) is 0 Å². The van der Waals surface area contributed by atoms with E-state index in [1.807, 2.05) is 63.8 Å². The van der Waals surface area contributed by atoms with Crippen LogP contribution in [0.15, 0.2) is 66.9 Å². The number of nitrogens with zero attached hydrogens (tertiary/aromatic N) is 5. The summed E-state index contributed by atoms with van der Waals surface area (Å²) in [5.74, 6) is -0.000362. The number of aryl methyl sites for hydroxylation is 3. The van der Waals surface area contributed by atoms with E-state index in [9.17, 15) is 4.79 Å². The van der Waals surface area contributed by atoms with Crippen LogP contribution in [0.2, 0.25) is 5.02 Å². The minimum absolute atomic E-state index is 0.000362. The molecule has 2 aromatic carbocycles. The molecule has 0 radical (unpaired) electrons. The second-order valence-corrected chi connectivity index (χ2v) is 9.32. The Hall–Kier alpha value is -3.51. The SMILES string of the molecule is Cc1ccc(C)c(-n2nc(-c3cccn3C)cc2C(=O)N2CCN(c3cccc(Cl)c3)CC2)c1. The van der Waals surface area contributed by atoms with Crippen molar-refractivity contribution in [1.82, 2.24) is 19.2 Å². The van der Waals surface area contributed by atoms with E-state index in [0.29, 0.717) is 18.8 Å². The highest BCUT2D eigenvalue weighted by atomic mass is 35.5. The van der Waals surface area contributed by atoms with Crippen LogP contribution in [0.1, 0.15) is 21.6 Å². The lowest BCUT2D eigenvalue weighted by molar-refractivity contribution is 0.0737. The van der Waals surface area contributed by atoms with Gasteiger partial charge >= 0.3 is 0 Å². The van der Waals surface area contributed by atoms with Gasteiger partial charge in [-0.1, -0.05) is 29.8 Å². The van der Waals surface area contributed by atoms with Gasteiger partial charge in [-0.25, -0.2) is 4.68 Å². The fraction of sp³-hybridized carbons (Fsp3) is 0.259. The first-order valence-electron chi connectivity index (χ1n) is 11.5. The van der Waals surface area contributed by atoms with Gasteiger partial charge in [-0.05, 0) is 67.4 Å². The zero-order valence-electron chi connectivity index (χ0n) is 19.7. The average molecular weight is 474 g/mol. The molecule has 0 N–H and O–H groups in total. The minimum atomic E-state index is -0.000362. The topological polar surface area (TPSA) is 46.3 Å². The fourth-order valence-electron chi connectivity index (χ4n) is 4.52. The summed E-state index contributed by atoms with van der Waals surface area (Å²) in [5, 5.41) is 5.62. The van der Waals surface area contributed by atoms with Crippen molar-refractivity contribution in [2.75, 3.05) is 31.1 Å². The monoisotopic (exact) mass is 473 g/mol. The van der Waals surface area contributed by atoms with Crippen molar-refractivity contribution >= 4 is 23.2 Å². The summed E-state index contributed by atoms with van der Waals surface area (Å²) < 4.78 is 3.84. The second-order valence-electron chi connectivity index (χ2n) is 8.88. The molecule has 0 atom stereocenters. The number of benzene rings is 2. The molecule has 0 bridgehead atoms. The molecular formula is C27H28ClN5O. The normalized spacial score (nSPS) is 14.0. The highest BCUT2D eigenvalue weighted by molar-refractivity contribution is 6.30. The van der Waals surface area contributed by atoms with Gasteiger partial charge in [0.2, 0.25) is 0 Å². The van der Waals surface area contributed by atoms with Crippen LogP contribution in [-0.2, 0) is 7.05 Å². The summed E-state index contributed by atoms with van der Waals surface area (Å²) in [6.45, 7) is 6.91. The molecule has 1 amide bonds. The van der Waals surface area contributed by atoms with Crippen LogP contribution in [0.3, 0.4) is 0 Å². The predicted octanol–water partition coefficient (Wildman–Crippen LogP) is 5.11. The maximum Gasteiger partial charge on any atom is 0.272 e. The van der Waals surface area contributed by atoms with Crippen LogP contribution in [0.5, 0.6) is 0 Å². The number of halogens is 1. The van der Waals surface area contributed by atoms with Crippen molar-refractivity contribution in [1.29, 1.82) is 0 Å². The Balaban J connectivity index is 1.46. The van der Waals surface area contributed by atoms with Crippen LogP contribution in [0.25, 0.3) is 17.1 Å². The first-order valence-corrected chi connectivity index (χ1v) is 11.9. The molecule has 0 unspecified atom stereocenters. The molecule has 1 aliphatic rings. The Morgan fingerprint density at radius 1 is 0.941 bits per heavy atom. The van der Waals surface area contributed by atoms with E-state index in [4.69, 9.17) is 16.7 Å². The Bertz CT molecular complexity index is 1350.